The van der Waals surface area contributed by atoms with Crippen LogP contribution in [0.4, 0.5) is 0 Å². The molecule has 1 spiro atoms. The lowest BCUT2D eigenvalue weighted by Crippen LogP contribution is -2.48. The van der Waals surface area contributed by atoms with E-state index in [-0.39, 0.29) is 11.3 Å². The van der Waals surface area contributed by atoms with Gasteiger partial charge in [-0.3, -0.25) is 15.0 Å². The number of H-pyrrole nitrogens is 2. The first-order chi connectivity index (χ1) is 11.8. The summed E-state index contributed by atoms with van der Waals surface area (Å²) in [4.78, 5) is 15.2. The highest BCUT2D eigenvalue weighted by molar-refractivity contribution is 5.94. The molecule has 2 aliphatic carbocycles. The Hall–Kier alpha value is -2.11. The predicted molar refractivity (Wildman–Crippen MR) is 89.0 cm³/mol. The van der Waals surface area contributed by atoms with Crippen molar-refractivity contribution in [1.29, 1.82) is 0 Å². The lowest BCUT2D eigenvalue weighted by atomic mass is 9.77. The second-order valence-corrected chi connectivity index (χ2v) is 7.62. The van der Waals surface area contributed by atoms with Crippen LogP contribution in [-0.2, 0) is 24.7 Å². The predicted octanol–water partition coefficient (Wildman–Crippen LogP) is 2.13. The number of fused-ring (bicyclic) bond motifs is 3. The maximum Gasteiger partial charge on any atom is 0.274 e. The van der Waals surface area contributed by atoms with Gasteiger partial charge in [0.2, 0.25) is 0 Å². The van der Waals surface area contributed by atoms with Crippen LogP contribution in [0.3, 0.4) is 0 Å². The van der Waals surface area contributed by atoms with E-state index in [0.29, 0.717) is 5.69 Å². The summed E-state index contributed by atoms with van der Waals surface area (Å²) in [7, 11) is 0. The van der Waals surface area contributed by atoms with Crippen LogP contribution in [0.25, 0.3) is 0 Å². The first-order valence-electron chi connectivity index (χ1n) is 9.15. The third kappa shape index (κ3) is 1.98. The van der Waals surface area contributed by atoms with Crippen LogP contribution in [-0.4, -0.2) is 44.3 Å². The fourth-order valence-corrected chi connectivity index (χ4v) is 4.98. The van der Waals surface area contributed by atoms with Gasteiger partial charge >= 0.3 is 0 Å². The van der Waals surface area contributed by atoms with E-state index in [2.05, 4.69) is 20.4 Å². The van der Waals surface area contributed by atoms with E-state index in [1.807, 2.05) is 11.1 Å². The van der Waals surface area contributed by atoms with Gasteiger partial charge in [-0.2, -0.15) is 10.2 Å². The molecule has 2 aromatic heterocycles. The minimum Gasteiger partial charge on any atom is -0.336 e. The summed E-state index contributed by atoms with van der Waals surface area (Å²) < 4.78 is 0. The first-order valence-corrected chi connectivity index (χ1v) is 9.15. The molecule has 1 amide bonds. The number of likely N-dealkylation sites (tertiary alicyclic amines) is 1. The Bertz CT molecular complexity index is 791. The molecule has 1 saturated heterocycles. The second kappa shape index (κ2) is 5.19. The van der Waals surface area contributed by atoms with Gasteiger partial charge in [-0.15, -0.1) is 0 Å². The van der Waals surface area contributed by atoms with Crippen LogP contribution in [0, 0.1) is 0 Å². The lowest BCUT2D eigenvalue weighted by molar-refractivity contribution is 0.0625. The van der Waals surface area contributed by atoms with Crippen molar-refractivity contribution in [1.82, 2.24) is 25.3 Å². The van der Waals surface area contributed by atoms with Crippen molar-refractivity contribution in [3.63, 3.8) is 0 Å². The zero-order valence-electron chi connectivity index (χ0n) is 13.9. The van der Waals surface area contributed by atoms with Gasteiger partial charge in [0.25, 0.3) is 5.91 Å². The quantitative estimate of drug-likeness (QED) is 0.843. The average Bonchev–Trinajstić information content (AvgIpc) is 3.32. The number of piperidine rings is 1. The van der Waals surface area contributed by atoms with Crippen LogP contribution in [0.2, 0.25) is 0 Å². The van der Waals surface area contributed by atoms with Crippen LogP contribution < -0.4 is 0 Å². The summed E-state index contributed by atoms with van der Waals surface area (Å²) in [6, 6.07) is 0. The highest BCUT2D eigenvalue weighted by Crippen LogP contribution is 2.44. The van der Waals surface area contributed by atoms with Gasteiger partial charge < -0.3 is 4.90 Å². The highest BCUT2D eigenvalue weighted by atomic mass is 16.2. The largest absolute Gasteiger partial charge is 0.336 e. The van der Waals surface area contributed by atoms with Crippen LogP contribution in [0.5, 0.6) is 0 Å². The van der Waals surface area contributed by atoms with E-state index in [4.69, 9.17) is 0 Å². The molecule has 1 unspecified atom stereocenters. The standard InChI is InChI=1S/C18H23N5O/c24-17(15-13-4-1-2-5-14(13)20-21-15)23-9-3-7-18(11-23)8-6-12-10-19-22-16(12)18/h10H,1-9,11H2,(H,19,22)(H,20,21). The molecule has 1 aliphatic heterocycles. The number of aromatic nitrogens is 4. The Morgan fingerprint density at radius 2 is 2.04 bits per heavy atom. The summed E-state index contributed by atoms with van der Waals surface area (Å²) >= 11 is 0. The summed E-state index contributed by atoms with van der Waals surface area (Å²) in [6.07, 6.45) is 10.7. The number of hydrogen-bond acceptors (Lipinski definition) is 3. The van der Waals surface area contributed by atoms with Crippen molar-refractivity contribution in [2.45, 2.75) is 56.8 Å². The molecule has 0 aromatic carbocycles. The number of nitrogens with one attached hydrogen (secondary N) is 2. The molecule has 126 valence electrons. The SMILES string of the molecule is O=C(c1n[nH]c2c1CCCC2)N1CCCC2(CCc3cn[nH]c32)C1. The monoisotopic (exact) mass is 325 g/mol. The van der Waals surface area contributed by atoms with Crippen molar-refractivity contribution in [3.05, 3.63) is 34.4 Å². The van der Waals surface area contributed by atoms with E-state index in [9.17, 15) is 4.79 Å². The van der Waals surface area contributed by atoms with Gasteiger partial charge in [0, 0.05) is 35.5 Å². The summed E-state index contributed by atoms with van der Waals surface area (Å²) in [5.41, 5.74) is 5.69. The third-order valence-corrected chi connectivity index (χ3v) is 6.24. The van der Waals surface area contributed by atoms with Crippen LogP contribution in [0.15, 0.2) is 6.20 Å². The number of amides is 1. The summed E-state index contributed by atoms with van der Waals surface area (Å²) in [5.74, 6) is 0.112. The number of carbonyl (C=O) groups is 1. The minimum absolute atomic E-state index is 0.0795. The molecule has 3 aliphatic rings. The van der Waals surface area contributed by atoms with Gasteiger partial charge in [-0.1, -0.05) is 0 Å². The third-order valence-electron chi connectivity index (χ3n) is 6.24. The maximum absolute atomic E-state index is 13.1. The van der Waals surface area contributed by atoms with Gasteiger partial charge in [0.05, 0.1) is 6.20 Å². The molecular weight excluding hydrogens is 302 g/mol. The summed E-state index contributed by atoms with van der Waals surface area (Å²) in [6.45, 7) is 1.63. The zero-order valence-corrected chi connectivity index (χ0v) is 13.9. The first kappa shape index (κ1) is 14.3. The van der Waals surface area contributed by atoms with Crippen molar-refractivity contribution < 1.29 is 4.79 Å². The zero-order chi connectivity index (χ0) is 16.1. The second-order valence-electron chi connectivity index (χ2n) is 7.62. The molecule has 0 saturated carbocycles. The Morgan fingerprint density at radius 3 is 3.00 bits per heavy atom. The lowest BCUT2D eigenvalue weighted by Gasteiger charge is -2.40. The number of rotatable bonds is 1. The van der Waals surface area contributed by atoms with Crippen molar-refractivity contribution in [3.8, 4) is 0 Å². The molecule has 3 heterocycles. The molecule has 1 atom stereocenters. The van der Waals surface area contributed by atoms with Gasteiger partial charge in [-0.25, -0.2) is 0 Å². The average molecular weight is 325 g/mol. The molecule has 24 heavy (non-hydrogen) atoms. The number of aromatic amines is 2. The van der Waals surface area contributed by atoms with Crippen LogP contribution >= 0.6 is 0 Å². The molecule has 5 rings (SSSR count). The number of aryl methyl sites for hydroxylation is 2. The number of carbonyl (C=O) groups excluding carboxylic acids is 1. The molecule has 0 bridgehead atoms. The highest BCUT2D eigenvalue weighted by Gasteiger charge is 2.45. The normalized spacial score (nSPS) is 25.8. The molecule has 6 heteroatoms. The van der Waals surface area contributed by atoms with Gasteiger partial charge in [0.15, 0.2) is 5.69 Å². The van der Waals surface area contributed by atoms with Crippen LogP contribution in [0.1, 0.15) is 65.1 Å². The fourth-order valence-electron chi connectivity index (χ4n) is 4.98. The van der Waals surface area contributed by atoms with Crippen molar-refractivity contribution in [2.75, 3.05) is 13.1 Å². The number of hydrogen-bond donors (Lipinski definition) is 2. The Labute approximate surface area is 141 Å². The van der Waals surface area contributed by atoms with E-state index in [1.54, 1.807) is 0 Å². The Kier molecular flexibility index (Phi) is 3.08. The van der Waals surface area contributed by atoms with E-state index in [0.717, 1.165) is 58.0 Å². The van der Waals surface area contributed by atoms with Crippen molar-refractivity contribution in [2.24, 2.45) is 0 Å². The number of nitrogens with zero attached hydrogens (tertiary/aromatic N) is 3. The molecule has 1 fully saturated rings. The maximum atomic E-state index is 13.1. The van der Waals surface area contributed by atoms with Gasteiger partial charge in [0.1, 0.15) is 0 Å². The molecular formula is C18H23N5O. The van der Waals surface area contributed by atoms with Crippen molar-refractivity contribution >= 4 is 5.91 Å². The molecule has 6 nitrogen and oxygen atoms in total. The smallest absolute Gasteiger partial charge is 0.274 e. The Balaban J connectivity index is 1.43. The topological polar surface area (TPSA) is 77.7 Å². The Morgan fingerprint density at radius 1 is 1.12 bits per heavy atom. The molecule has 0 radical (unpaired) electrons. The fraction of sp³-hybridized carbons (Fsp3) is 0.611. The molecule has 2 aromatic rings. The minimum atomic E-state index is 0.0795. The van der Waals surface area contributed by atoms with E-state index >= 15 is 0 Å². The van der Waals surface area contributed by atoms with Gasteiger partial charge in [-0.05, 0) is 56.9 Å². The summed E-state index contributed by atoms with van der Waals surface area (Å²) in [5, 5.41) is 14.9. The molecule has 2 N–H and O–H groups in total. The van der Waals surface area contributed by atoms with E-state index < -0.39 is 0 Å². The van der Waals surface area contributed by atoms with E-state index in [1.165, 1.54) is 28.9 Å².